The van der Waals surface area contributed by atoms with E-state index >= 15 is 0 Å². The second-order valence-corrected chi connectivity index (χ2v) is 9.35. The van der Waals surface area contributed by atoms with E-state index in [1.54, 1.807) is 43.5 Å². The Morgan fingerprint density at radius 1 is 1.03 bits per heavy atom. The normalized spacial score (nSPS) is 22.2. The van der Waals surface area contributed by atoms with Gasteiger partial charge in [-0.25, -0.2) is 4.90 Å². The maximum absolute atomic E-state index is 13.0. The first-order chi connectivity index (χ1) is 16.9. The van der Waals surface area contributed by atoms with E-state index in [4.69, 9.17) is 16.3 Å². The van der Waals surface area contributed by atoms with E-state index in [0.717, 1.165) is 39.1 Å². The summed E-state index contributed by atoms with van der Waals surface area (Å²) in [6, 6.07) is 14.3. The molecule has 2 aliphatic rings. The molecule has 1 fully saturated rings. The summed E-state index contributed by atoms with van der Waals surface area (Å²) in [6.07, 6.45) is 1.62. The highest BCUT2D eigenvalue weighted by molar-refractivity contribution is 6.35. The van der Waals surface area contributed by atoms with Crippen molar-refractivity contribution in [3.05, 3.63) is 76.6 Å². The molecule has 2 N–H and O–H groups in total. The van der Waals surface area contributed by atoms with Crippen molar-refractivity contribution < 1.29 is 19.7 Å². The number of ether oxygens (including phenoxy) is 1. The molecule has 2 aliphatic heterocycles. The first kappa shape index (κ1) is 25.5. The van der Waals surface area contributed by atoms with Crippen molar-refractivity contribution in [3.8, 4) is 5.75 Å². The molecule has 2 unspecified atom stereocenters. The number of piperazine rings is 1. The van der Waals surface area contributed by atoms with E-state index in [-0.39, 0.29) is 17.8 Å². The van der Waals surface area contributed by atoms with E-state index < -0.39 is 6.35 Å². The number of para-hydroxylation sites is 1. The fourth-order valence-electron chi connectivity index (χ4n) is 4.55. The van der Waals surface area contributed by atoms with Crippen molar-refractivity contribution in [1.82, 2.24) is 19.6 Å². The van der Waals surface area contributed by atoms with Gasteiger partial charge in [0.1, 0.15) is 5.75 Å². The molecule has 0 aromatic heterocycles. The minimum absolute atomic E-state index is 0.0912. The van der Waals surface area contributed by atoms with Gasteiger partial charge < -0.3 is 24.7 Å². The number of carbonyl (C=O) groups excluding carboxylic acids is 1. The van der Waals surface area contributed by atoms with E-state index in [1.807, 2.05) is 30.1 Å². The molecule has 0 amide bonds. The highest BCUT2D eigenvalue weighted by Crippen LogP contribution is 2.25. The van der Waals surface area contributed by atoms with Gasteiger partial charge in [-0.1, -0.05) is 35.9 Å². The average Bonchev–Trinajstić information content (AvgIpc) is 2.88. The Hall–Kier alpha value is -2.62. The Labute approximate surface area is 211 Å². The lowest BCUT2D eigenvalue weighted by Crippen LogP contribution is -2.61. The maximum Gasteiger partial charge on any atom is 0.198 e. The lowest BCUT2D eigenvalue weighted by molar-refractivity contribution is -0.143. The Morgan fingerprint density at radius 2 is 1.69 bits per heavy atom. The molecule has 2 atom stereocenters. The predicted molar refractivity (Wildman–Crippen MR) is 135 cm³/mol. The lowest BCUT2D eigenvalue weighted by Gasteiger charge is -2.46. The Balaban J connectivity index is 1.25. The molecular formula is C26H33ClN4O4. The van der Waals surface area contributed by atoms with Crippen LogP contribution in [0.1, 0.15) is 22.3 Å². The second-order valence-electron chi connectivity index (χ2n) is 8.95. The van der Waals surface area contributed by atoms with Crippen molar-refractivity contribution in [2.24, 2.45) is 0 Å². The third kappa shape index (κ3) is 5.79. The van der Waals surface area contributed by atoms with Crippen molar-refractivity contribution in [1.29, 1.82) is 0 Å². The van der Waals surface area contributed by atoms with Crippen molar-refractivity contribution in [3.63, 3.8) is 0 Å². The number of aliphatic hydroxyl groups excluding tert-OH is 2. The second kappa shape index (κ2) is 11.4. The van der Waals surface area contributed by atoms with Gasteiger partial charge in [-0.15, -0.1) is 0 Å². The SMILES string of the molecule is CN1C(O)=CC(N2CCN(CCCOc3ccccc3C(=O)c3ccccc3Cl)CC2)N(C)C1O. The minimum Gasteiger partial charge on any atom is -0.495 e. The van der Waals surface area contributed by atoms with Crippen LogP contribution in [0.5, 0.6) is 5.75 Å². The largest absolute Gasteiger partial charge is 0.495 e. The third-order valence-corrected chi connectivity index (χ3v) is 7.02. The molecule has 1 saturated heterocycles. The van der Waals surface area contributed by atoms with Crippen LogP contribution in [0.4, 0.5) is 0 Å². The number of halogens is 1. The van der Waals surface area contributed by atoms with Crippen molar-refractivity contribution >= 4 is 17.4 Å². The molecule has 9 heteroatoms. The summed E-state index contributed by atoms with van der Waals surface area (Å²) in [5, 5.41) is 20.9. The van der Waals surface area contributed by atoms with E-state index in [2.05, 4.69) is 9.80 Å². The molecule has 35 heavy (non-hydrogen) atoms. The smallest absolute Gasteiger partial charge is 0.198 e. The number of carbonyl (C=O) groups is 1. The molecule has 0 aliphatic carbocycles. The van der Waals surface area contributed by atoms with Crippen LogP contribution >= 0.6 is 11.6 Å². The first-order valence-corrected chi connectivity index (χ1v) is 12.3. The van der Waals surface area contributed by atoms with Crippen LogP contribution in [0.25, 0.3) is 0 Å². The predicted octanol–water partition coefficient (Wildman–Crippen LogP) is 2.84. The van der Waals surface area contributed by atoms with Crippen LogP contribution < -0.4 is 4.74 Å². The molecule has 4 rings (SSSR count). The van der Waals surface area contributed by atoms with E-state index in [1.165, 1.54) is 4.90 Å². The Kier molecular flexibility index (Phi) is 8.30. The molecule has 2 aromatic carbocycles. The summed E-state index contributed by atoms with van der Waals surface area (Å²) in [5.41, 5.74) is 0.976. The highest BCUT2D eigenvalue weighted by atomic mass is 35.5. The third-order valence-electron chi connectivity index (χ3n) is 6.69. The Morgan fingerprint density at radius 3 is 2.40 bits per heavy atom. The van der Waals surface area contributed by atoms with Crippen LogP contribution in [0, 0.1) is 0 Å². The van der Waals surface area contributed by atoms with Gasteiger partial charge in [-0.05, 0) is 37.7 Å². The monoisotopic (exact) mass is 500 g/mol. The maximum atomic E-state index is 13.0. The molecule has 0 saturated carbocycles. The van der Waals surface area contributed by atoms with Crippen molar-refractivity contribution in [2.75, 3.05) is 53.4 Å². The molecule has 0 radical (unpaired) electrons. The fraction of sp³-hybridized carbons (Fsp3) is 0.423. The molecule has 2 aromatic rings. The number of hydrogen-bond acceptors (Lipinski definition) is 8. The summed E-state index contributed by atoms with van der Waals surface area (Å²) >= 11 is 6.22. The quantitative estimate of drug-likeness (QED) is 0.423. The van der Waals surface area contributed by atoms with Crippen LogP contribution in [-0.2, 0) is 0 Å². The van der Waals surface area contributed by atoms with Crippen LogP contribution in [0.3, 0.4) is 0 Å². The Bertz CT molecular complexity index is 1060. The summed E-state index contributed by atoms with van der Waals surface area (Å²) in [6.45, 7) is 4.87. The first-order valence-electron chi connectivity index (χ1n) is 11.9. The van der Waals surface area contributed by atoms with E-state index in [0.29, 0.717) is 28.5 Å². The molecular weight excluding hydrogens is 468 g/mol. The fourth-order valence-corrected chi connectivity index (χ4v) is 4.77. The number of likely N-dealkylation sites (N-methyl/N-ethyl adjacent to an activating group) is 1. The summed E-state index contributed by atoms with van der Waals surface area (Å²) in [7, 11) is 3.52. The van der Waals surface area contributed by atoms with E-state index in [9.17, 15) is 15.0 Å². The number of rotatable bonds is 8. The summed E-state index contributed by atoms with van der Waals surface area (Å²) in [5.74, 6) is 0.512. The lowest BCUT2D eigenvalue weighted by atomic mass is 10.0. The molecule has 0 spiro atoms. The van der Waals surface area contributed by atoms with Gasteiger partial charge in [0, 0.05) is 51.4 Å². The van der Waals surface area contributed by atoms with Gasteiger partial charge in [0.25, 0.3) is 0 Å². The topological polar surface area (TPSA) is 79.7 Å². The zero-order valence-electron chi connectivity index (χ0n) is 20.2. The van der Waals surface area contributed by atoms with Gasteiger partial charge in [0.15, 0.2) is 18.0 Å². The average molecular weight is 501 g/mol. The summed E-state index contributed by atoms with van der Waals surface area (Å²) in [4.78, 5) is 20.9. The van der Waals surface area contributed by atoms with Crippen molar-refractivity contribution in [2.45, 2.75) is 18.9 Å². The van der Waals surface area contributed by atoms with Crippen LogP contribution in [0.2, 0.25) is 5.02 Å². The number of aliphatic hydroxyl groups is 2. The molecule has 2 heterocycles. The van der Waals surface area contributed by atoms with Gasteiger partial charge in [-0.3, -0.25) is 9.69 Å². The standard InChI is InChI=1S/C26H33ClN4O4/c1-28-23(18-24(32)29(2)26(28)34)31-15-13-30(14-16-31)12-7-17-35-22-11-6-4-9-20(22)25(33)19-8-3-5-10-21(19)27/h3-6,8-11,18,23,26,32,34H,7,12-17H2,1-2H3. The number of ketones is 1. The summed E-state index contributed by atoms with van der Waals surface area (Å²) < 4.78 is 6.00. The van der Waals surface area contributed by atoms with Crippen LogP contribution in [0.15, 0.2) is 60.5 Å². The molecule has 8 nitrogen and oxygen atoms in total. The number of nitrogens with zero attached hydrogens (tertiary/aromatic N) is 4. The zero-order valence-corrected chi connectivity index (χ0v) is 20.9. The molecule has 188 valence electrons. The zero-order chi connectivity index (χ0) is 24.9. The van der Waals surface area contributed by atoms with Gasteiger partial charge >= 0.3 is 0 Å². The number of benzene rings is 2. The van der Waals surface area contributed by atoms with Crippen LogP contribution in [-0.4, -0.2) is 102 Å². The highest BCUT2D eigenvalue weighted by Gasteiger charge is 2.34. The van der Waals surface area contributed by atoms with Gasteiger partial charge in [0.2, 0.25) is 0 Å². The molecule has 0 bridgehead atoms. The number of hydrogen-bond donors (Lipinski definition) is 2. The minimum atomic E-state index is -0.854. The van der Waals surface area contributed by atoms with Gasteiger partial charge in [-0.2, -0.15) is 0 Å². The van der Waals surface area contributed by atoms with Gasteiger partial charge in [0.05, 0.1) is 23.4 Å².